The highest BCUT2D eigenvalue weighted by atomic mass is 32.1. The number of carboxylic acids is 1. The lowest BCUT2D eigenvalue weighted by atomic mass is 10.1. The highest BCUT2D eigenvalue weighted by Crippen LogP contribution is 2.13. The fraction of sp³-hybridized carbons (Fsp3) is 0.308. The molecule has 0 amide bonds. The van der Waals surface area contributed by atoms with Crippen molar-refractivity contribution < 1.29 is 14.6 Å². The van der Waals surface area contributed by atoms with Gasteiger partial charge in [0, 0.05) is 5.71 Å². The molecule has 0 bridgehead atoms. The zero-order valence-corrected chi connectivity index (χ0v) is 11.9. The third-order valence-corrected chi connectivity index (χ3v) is 2.51. The number of thiocarbonyl (C=S) groups is 1. The van der Waals surface area contributed by atoms with Crippen LogP contribution in [0, 0.1) is 0 Å². The van der Waals surface area contributed by atoms with Crippen molar-refractivity contribution in [2.75, 3.05) is 6.61 Å². The van der Waals surface area contributed by atoms with Crippen LogP contribution in [0.25, 0.3) is 0 Å². The number of rotatable bonds is 7. The third kappa shape index (κ3) is 6.69. The summed E-state index contributed by atoms with van der Waals surface area (Å²) in [6.45, 7) is 1.55. The average molecular weight is 295 g/mol. The molecule has 4 N–H and O–H groups in total. The maximum absolute atomic E-state index is 10.4. The second-order valence-corrected chi connectivity index (χ2v) is 4.59. The quantitative estimate of drug-likeness (QED) is 0.398. The van der Waals surface area contributed by atoms with E-state index in [1.165, 1.54) is 0 Å². The minimum atomic E-state index is -0.994. The van der Waals surface area contributed by atoms with Crippen molar-refractivity contribution in [2.24, 2.45) is 10.8 Å². The minimum absolute atomic E-state index is 0.143. The van der Waals surface area contributed by atoms with E-state index in [-0.39, 0.29) is 11.7 Å². The second-order valence-electron chi connectivity index (χ2n) is 4.15. The summed E-state index contributed by atoms with van der Waals surface area (Å²) in [7, 11) is 0. The van der Waals surface area contributed by atoms with Gasteiger partial charge < -0.3 is 15.6 Å². The van der Waals surface area contributed by atoms with Gasteiger partial charge in [0.15, 0.2) is 11.7 Å². The van der Waals surface area contributed by atoms with Gasteiger partial charge in [-0.2, -0.15) is 5.10 Å². The molecule has 0 saturated heterocycles. The first-order chi connectivity index (χ1) is 9.47. The molecule has 20 heavy (non-hydrogen) atoms. The third-order valence-electron chi connectivity index (χ3n) is 2.42. The second kappa shape index (κ2) is 8.11. The summed E-state index contributed by atoms with van der Waals surface area (Å²) >= 11 is 4.65. The zero-order valence-electron chi connectivity index (χ0n) is 11.1. The number of ether oxygens (including phenoxy) is 1. The maximum Gasteiger partial charge on any atom is 0.341 e. The topological polar surface area (TPSA) is 96.9 Å². The average Bonchev–Trinajstić information content (AvgIpc) is 2.41. The van der Waals surface area contributed by atoms with Crippen LogP contribution in [0.2, 0.25) is 0 Å². The summed E-state index contributed by atoms with van der Waals surface area (Å²) in [5.41, 5.74) is 9.81. The van der Waals surface area contributed by atoms with Gasteiger partial charge in [0.25, 0.3) is 0 Å². The van der Waals surface area contributed by atoms with Gasteiger partial charge in [-0.15, -0.1) is 0 Å². The van der Waals surface area contributed by atoms with Crippen LogP contribution in [-0.2, 0) is 11.2 Å². The Hall–Kier alpha value is -2.15. The van der Waals surface area contributed by atoms with E-state index >= 15 is 0 Å². The number of aryl methyl sites for hydroxylation is 1. The van der Waals surface area contributed by atoms with Crippen LogP contribution in [0.15, 0.2) is 29.4 Å². The van der Waals surface area contributed by atoms with Gasteiger partial charge in [-0.1, -0.05) is 12.1 Å². The molecule has 7 heteroatoms. The van der Waals surface area contributed by atoms with Gasteiger partial charge >= 0.3 is 5.97 Å². The van der Waals surface area contributed by atoms with Gasteiger partial charge in [-0.3, -0.25) is 5.43 Å². The van der Waals surface area contributed by atoms with Gasteiger partial charge in [0.05, 0.1) is 0 Å². The largest absolute Gasteiger partial charge is 0.482 e. The van der Waals surface area contributed by atoms with Crippen molar-refractivity contribution in [3.63, 3.8) is 0 Å². The number of aliphatic carboxylic acids is 1. The normalized spacial score (nSPS) is 10.9. The van der Waals surface area contributed by atoms with Crippen molar-refractivity contribution in [3.05, 3.63) is 29.8 Å². The van der Waals surface area contributed by atoms with E-state index in [2.05, 4.69) is 22.7 Å². The van der Waals surface area contributed by atoms with Crippen LogP contribution < -0.4 is 15.9 Å². The lowest BCUT2D eigenvalue weighted by molar-refractivity contribution is -0.139. The molecule has 0 aliphatic carbocycles. The fourth-order valence-electron chi connectivity index (χ4n) is 1.43. The smallest absolute Gasteiger partial charge is 0.341 e. The first kappa shape index (κ1) is 15.9. The zero-order chi connectivity index (χ0) is 15.0. The molecule has 0 aliphatic rings. The monoisotopic (exact) mass is 295 g/mol. The van der Waals surface area contributed by atoms with Crippen molar-refractivity contribution in [2.45, 2.75) is 19.8 Å². The molecule has 0 fully saturated rings. The Bertz CT molecular complexity index is 500. The summed E-state index contributed by atoms with van der Waals surface area (Å²) in [6.07, 6.45) is 1.58. The summed E-state index contributed by atoms with van der Waals surface area (Å²) in [5, 5.41) is 12.7. The molecule has 0 unspecified atom stereocenters. The summed E-state index contributed by atoms with van der Waals surface area (Å²) in [5.74, 6) is -0.456. The molecule has 1 aromatic rings. The Labute approximate surface area is 122 Å². The number of nitrogens with zero attached hydrogens (tertiary/aromatic N) is 1. The molecule has 0 aliphatic heterocycles. The van der Waals surface area contributed by atoms with E-state index in [1.807, 2.05) is 19.1 Å². The molecule has 0 heterocycles. The Morgan fingerprint density at radius 1 is 1.45 bits per heavy atom. The van der Waals surface area contributed by atoms with E-state index in [1.54, 1.807) is 12.1 Å². The molecule has 6 nitrogen and oxygen atoms in total. The summed E-state index contributed by atoms with van der Waals surface area (Å²) in [6, 6.07) is 7.28. The molecular formula is C13H17N3O3S. The standard InChI is InChI=1S/C13H17N3O3S/c1-9(15-16-13(14)20)2-3-10-4-6-11(7-5-10)19-8-12(17)18/h4-7H,2-3,8H2,1H3,(H,17,18)(H3,14,16,20)/b15-9+. The van der Waals surface area contributed by atoms with Crippen molar-refractivity contribution in [1.29, 1.82) is 0 Å². The van der Waals surface area contributed by atoms with Gasteiger partial charge in [-0.05, 0) is 49.7 Å². The lowest BCUT2D eigenvalue weighted by Gasteiger charge is -2.05. The van der Waals surface area contributed by atoms with Crippen LogP contribution in [-0.4, -0.2) is 28.5 Å². The van der Waals surface area contributed by atoms with Crippen LogP contribution >= 0.6 is 12.2 Å². The summed E-state index contributed by atoms with van der Waals surface area (Å²) < 4.78 is 5.05. The molecule has 1 rings (SSSR count). The number of benzene rings is 1. The van der Waals surface area contributed by atoms with Crippen molar-refractivity contribution in [3.8, 4) is 5.75 Å². The molecule has 0 radical (unpaired) electrons. The van der Waals surface area contributed by atoms with Gasteiger partial charge in [0.1, 0.15) is 5.75 Å². The SMILES string of the molecule is C/C(CCc1ccc(OCC(=O)O)cc1)=N\NC(N)=S. The van der Waals surface area contributed by atoms with E-state index in [4.69, 9.17) is 15.6 Å². The summed E-state index contributed by atoms with van der Waals surface area (Å²) in [4.78, 5) is 10.4. The molecule has 0 spiro atoms. The molecule has 0 saturated carbocycles. The van der Waals surface area contributed by atoms with Gasteiger partial charge in [0.2, 0.25) is 0 Å². The number of hydrogen-bond acceptors (Lipinski definition) is 4. The van der Waals surface area contributed by atoms with E-state index in [9.17, 15) is 4.79 Å². The molecule has 1 aromatic carbocycles. The molecular weight excluding hydrogens is 278 g/mol. The molecule has 108 valence electrons. The number of carbonyl (C=O) groups is 1. The maximum atomic E-state index is 10.4. The highest BCUT2D eigenvalue weighted by Gasteiger charge is 2.00. The number of hydrogen-bond donors (Lipinski definition) is 3. The number of nitrogens with one attached hydrogen (secondary N) is 1. The van der Waals surface area contributed by atoms with Crippen LogP contribution in [0.5, 0.6) is 5.75 Å². The van der Waals surface area contributed by atoms with Crippen molar-refractivity contribution >= 4 is 29.0 Å². The fourth-order valence-corrected chi connectivity index (χ4v) is 1.47. The number of carboxylic acid groups (broad SMARTS) is 1. The lowest BCUT2D eigenvalue weighted by Crippen LogP contribution is -2.25. The predicted octanol–water partition coefficient (Wildman–Crippen LogP) is 1.29. The van der Waals surface area contributed by atoms with E-state index in [0.717, 1.165) is 24.1 Å². The first-order valence-electron chi connectivity index (χ1n) is 5.99. The number of hydrazone groups is 1. The Balaban J connectivity index is 2.43. The Kier molecular flexibility index (Phi) is 6.45. The minimum Gasteiger partial charge on any atom is -0.482 e. The first-order valence-corrected chi connectivity index (χ1v) is 6.40. The van der Waals surface area contributed by atoms with Gasteiger partial charge in [-0.25, -0.2) is 4.79 Å². The highest BCUT2D eigenvalue weighted by molar-refractivity contribution is 7.80. The van der Waals surface area contributed by atoms with E-state index < -0.39 is 5.97 Å². The molecule has 0 aromatic heterocycles. The Morgan fingerprint density at radius 3 is 2.65 bits per heavy atom. The Morgan fingerprint density at radius 2 is 2.10 bits per heavy atom. The molecule has 0 atom stereocenters. The van der Waals surface area contributed by atoms with Crippen LogP contribution in [0.3, 0.4) is 0 Å². The van der Waals surface area contributed by atoms with E-state index in [0.29, 0.717) is 5.75 Å². The van der Waals surface area contributed by atoms with Crippen molar-refractivity contribution in [1.82, 2.24) is 5.43 Å². The van der Waals surface area contributed by atoms with Crippen LogP contribution in [0.1, 0.15) is 18.9 Å². The van der Waals surface area contributed by atoms with Crippen LogP contribution in [0.4, 0.5) is 0 Å². The number of nitrogens with two attached hydrogens (primary N) is 1. The predicted molar refractivity (Wildman–Crippen MR) is 80.9 cm³/mol.